The van der Waals surface area contributed by atoms with Crippen molar-refractivity contribution >= 4 is 11.9 Å². The van der Waals surface area contributed by atoms with Crippen LogP contribution in [-0.4, -0.2) is 54.6 Å². The van der Waals surface area contributed by atoms with Gasteiger partial charge in [0.15, 0.2) is 5.54 Å². The minimum atomic E-state index is -1.31. The molecule has 1 aromatic carbocycles. The van der Waals surface area contributed by atoms with Crippen molar-refractivity contribution in [2.75, 3.05) is 20.8 Å². The molecular formula is C16H21NO6. The van der Waals surface area contributed by atoms with E-state index in [9.17, 15) is 14.7 Å². The molecule has 1 saturated heterocycles. The normalized spacial score (nSPS) is 24.4. The van der Waals surface area contributed by atoms with Gasteiger partial charge >= 0.3 is 11.9 Å². The topological polar surface area (TPSA) is 85.3 Å². The quantitative estimate of drug-likeness (QED) is 0.770. The van der Waals surface area contributed by atoms with Crippen LogP contribution >= 0.6 is 0 Å². The maximum absolute atomic E-state index is 12.4. The van der Waals surface area contributed by atoms with Gasteiger partial charge in [-0.05, 0) is 5.56 Å². The van der Waals surface area contributed by atoms with Gasteiger partial charge in [0.25, 0.3) is 0 Å². The van der Waals surface area contributed by atoms with Crippen molar-refractivity contribution in [3.05, 3.63) is 35.9 Å². The van der Waals surface area contributed by atoms with Gasteiger partial charge in [0.1, 0.15) is 6.10 Å². The number of ether oxygens (including phenoxy) is 2. The van der Waals surface area contributed by atoms with Crippen LogP contribution in [0, 0.1) is 0 Å². The van der Waals surface area contributed by atoms with Gasteiger partial charge in [-0.15, -0.1) is 0 Å². The summed E-state index contributed by atoms with van der Waals surface area (Å²) in [5.41, 5.74) is -0.408. The number of hydrogen-bond donors (Lipinski definition) is 1. The Hall–Kier alpha value is -1.96. The van der Waals surface area contributed by atoms with E-state index < -0.39 is 23.6 Å². The number of benzene rings is 1. The largest absolute Gasteiger partial charge is 0.469 e. The highest BCUT2D eigenvalue weighted by atomic mass is 16.7. The molecule has 1 N–H and O–H groups in total. The number of hydroxylamine groups is 2. The third-order valence-corrected chi connectivity index (χ3v) is 3.92. The van der Waals surface area contributed by atoms with Crippen molar-refractivity contribution < 1.29 is 29.0 Å². The molecule has 0 aromatic heterocycles. The second-order valence-electron chi connectivity index (χ2n) is 5.41. The third kappa shape index (κ3) is 3.69. The predicted molar refractivity (Wildman–Crippen MR) is 79.9 cm³/mol. The van der Waals surface area contributed by atoms with Crippen molar-refractivity contribution in [2.24, 2.45) is 0 Å². The summed E-state index contributed by atoms with van der Waals surface area (Å²) in [5.74, 6) is -1.13. The highest BCUT2D eigenvalue weighted by Crippen LogP contribution is 2.37. The lowest BCUT2D eigenvalue weighted by Gasteiger charge is -2.32. The lowest BCUT2D eigenvalue weighted by Crippen LogP contribution is -2.51. The number of methoxy groups -OCH3 is 2. The van der Waals surface area contributed by atoms with E-state index in [-0.39, 0.29) is 26.0 Å². The lowest BCUT2D eigenvalue weighted by molar-refractivity contribution is -0.214. The molecule has 1 heterocycles. The molecule has 1 fully saturated rings. The van der Waals surface area contributed by atoms with E-state index in [1.165, 1.54) is 19.3 Å². The molecule has 0 unspecified atom stereocenters. The molecule has 1 aliphatic heterocycles. The molecule has 23 heavy (non-hydrogen) atoms. The zero-order chi connectivity index (χ0) is 16.9. The summed E-state index contributed by atoms with van der Waals surface area (Å²) in [6.45, 7) is 0.0225. The van der Waals surface area contributed by atoms with Gasteiger partial charge in [-0.3, -0.25) is 9.63 Å². The minimum Gasteiger partial charge on any atom is -0.469 e. The fourth-order valence-corrected chi connectivity index (χ4v) is 2.75. The monoisotopic (exact) mass is 323 g/mol. The first-order chi connectivity index (χ1) is 11.1. The van der Waals surface area contributed by atoms with Crippen LogP contribution in [0.15, 0.2) is 30.3 Å². The van der Waals surface area contributed by atoms with Crippen LogP contribution in [0.5, 0.6) is 0 Å². The number of carbonyl (C=O) groups excluding carboxylic acids is 2. The maximum atomic E-state index is 12.4. The number of hydrogen-bond acceptors (Lipinski definition) is 7. The molecule has 1 aliphatic rings. The summed E-state index contributed by atoms with van der Waals surface area (Å²) < 4.78 is 9.60. The van der Waals surface area contributed by atoms with Crippen molar-refractivity contribution in [1.82, 2.24) is 5.06 Å². The molecule has 2 rings (SSSR count). The average molecular weight is 323 g/mol. The summed E-state index contributed by atoms with van der Waals surface area (Å²) in [6.07, 6.45) is -0.639. The number of esters is 2. The van der Waals surface area contributed by atoms with E-state index in [2.05, 4.69) is 0 Å². The average Bonchev–Trinajstić information content (AvgIpc) is 2.93. The van der Waals surface area contributed by atoms with Crippen LogP contribution in [0.25, 0.3) is 0 Å². The van der Waals surface area contributed by atoms with Crippen LogP contribution in [0.1, 0.15) is 18.4 Å². The number of rotatable bonds is 6. The molecule has 0 spiro atoms. The number of aliphatic hydroxyl groups excluding tert-OH is 1. The fraction of sp³-hybridized carbons (Fsp3) is 0.500. The summed E-state index contributed by atoms with van der Waals surface area (Å²) in [4.78, 5) is 29.9. The van der Waals surface area contributed by atoms with Gasteiger partial charge in [-0.2, -0.15) is 5.06 Å². The van der Waals surface area contributed by atoms with Gasteiger partial charge in [0.05, 0.1) is 33.8 Å². The Morgan fingerprint density at radius 2 is 2.00 bits per heavy atom. The zero-order valence-electron chi connectivity index (χ0n) is 13.2. The molecule has 2 atom stereocenters. The van der Waals surface area contributed by atoms with Gasteiger partial charge < -0.3 is 14.6 Å². The molecule has 0 saturated carbocycles. The van der Waals surface area contributed by atoms with E-state index in [0.717, 1.165) is 5.56 Å². The second-order valence-corrected chi connectivity index (χ2v) is 5.41. The van der Waals surface area contributed by atoms with Crippen LogP contribution < -0.4 is 0 Å². The summed E-state index contributed by atoms with van der Waals surface area (Å²) >= 11 is 0. The molecule has 126 valence electrons. The third-order valence-electron chi connectivity index (χ3n) is 3.92. The highest BCUT2D eigenvalue weighted by Gasteiger charge is 2.55. The Balaban J connectivity index is 2.33. The van der Waals surface area contributed by atoms with E-state index in [1.807, 2.05) is 30.3 Å². The molecule has 7 nitrogen and oxygen atoms in total. The number of carbonyl (C=O) groups is 2. The Bertz CT molecular complexity index is 549. The minimum absolute atomic E-state index is 0.151. The van der Waals surface area contributed by atoms with Gasteiger partial charge in [-0.1, -0.05) is 30.3 Å². The van der Waals surface area contributed by atoms with E-state index in [1.54, 1.807) is 0 Å². The van der Waals surface area contributed by atoms with Crippen molar-refractivity contribution in [3.63, 3.8) is 0 Å². The first-order valence-electron chi connectivity index (χ1n) is 7.30. The van der Waals surface area contributed by atoms with Crippen LogP contribution in [0.4, 0.5) is 0 Å². The molecular weight excluding hydrogens is 302 g/mol. The molecule has 1 aromatic rings. The molecule has 0 aliphatic carbocycles. The standard InChI is InChI=1S/C16H21NO6/c1-21-14(19)9-16(15(20)22-2)8-13(11-18)23-17(16)10-12-6-4-3-5-7-12/h3-7,13,18H,8-11H2,1-2H3/t13-,16+/m1/s1. The van der Waals surface area contributed by atoms with Crippen LogP contribution in [-0.2, 0) is 30.4 Å². The number of aliphatic hydroxyl groups is 1. The first-order valence-corrected chi connectivity index (χ1v) is 7.30. The lowest BCUT2D eigenvalue weighted by atomic mass is 9.89. The zero-order valence-corrected chi connectivity index (χ0v) is 13.2. The van der Waals surface area contributed by atoms with E-state index >= 15 is 0 Å². The van der Waals surface area contributed by atoms with Gasteiger partial charge in [-0.25, -0.2) is 4.79 Å². The van der Waals surface area contributed by atoms with E-state index in [0.29, 0.717) is 0 Å². The molecule has 0 amide bonds. The molecule has 7 heteroatoms. The Morgan fingerprint density at radius 3 is 2.57 bits per heavy atom. The predicted octanol–water partition coefficient (Wildman–Crippen LogP) is 0.660. The number of nitrogens with zero attached hydrogens (tertiary/aromatic N) is 1. The Labute approximate surface area is 134 Å². The van der Waals surface area contributed by atoms with Crippen molar-refractivity contribution in [1.29, 1.82) is 0 Å². The van der Waals surface area contributed by atoms with Gasteiger partial charge in [0, 0.05) is 6.42 Å². The first kappa shape index (κ1) is 17.4. The van der Waals surface area contributed by atoms with Crippen LogP contribution in [0.3, 0.4) is 0 Å². The second kappa shape index (κ2) is 7.54. The summed E-state index contributed by atoms with van der Waals surface area (Å²) in [5, 5.41) is 10.8. The Kier molecular flexibility index (Phi) is 5.70. The Morgan fingerprint density at radius 1 is 1.30 bits per heavy atom. The molecule has 0 bridgehead atoms. The van der Waals surface area contributed by atoms with Crippen molar-refractivity contribution in [3.8, 4) is 0 Å². The summed E-state index contributed by atoms with van der Waals surface area (Å²) in [7, 11) is 2.52. The smallest absolute Gasteiger partial charge is 0.329 e. The summed E-state index contributed by atoms with van der Waals surface area (Å²) in [6, 6.07) is 9.39. The van der Waals surface area contributed by atoms with Crippen molar-refractivity contribution in [2.45, 2.75) is 31.0 Å². The maximum Gasteiger partial charge on any atom is 0.329 e. The van der Waals surface area contributed by atoms with Crippen LogP contribution in [0.2, 0.25) is 0 Å². The van der Waals surface area contributed by atoms with Gasteiger partial charge in [0.2, 0.25) is 0 Å². The molecule has 0 radical (unpaired) electrons. The SMILES string of the molecule is COC(=O)C[C@]1(C(=O)OC)C[C@H](CO)ON1Cc1ccccc1. The fourth-order valence-electron chi connectivity index (χ4n) is 2.75. The highest BCUT2D eigenvalue weighted by molar-refractivity contribution is 5.87. The van der Waals surface area contributed by atoms with E-state index in [4.69, 9.17) is 14.3 Å².